The van der Waals surface area contributed by atoms with Crippen LogP contribution in [0, 0.1) is 6.92 Å². The number of hydrogen-bond donors (Lipinski definition) is 1. The Hall–Kier alpha value is -2.54. The van der Waals surface area contributed by atoms with E-state index in [9.17, 15) is 13.2 Å². The molecule has 6 nitrogen and oxygen atoms in total. The van der Waals surface area contributed by atoms with Crippen LogP contribution in [0.2, 0.25) is 0 Å². The summed E-state index contributed by atoms with van der Waals surface area (Å²) >= 11 is 0. The lowest BCUT2D eigenvalue weighted by Gasteiger charge is -2.29. The maximum absolute atomic E-state index is 13.0. The number of nitrogens with zero attached hydrogens (tertiary/aromatic N) is 1. The second kappa shape index (κ2) is 8.65. The molecule has 0 aliphatic heterocycles. The molecule has 1 atom stereocenters. The van der Waals surface area contributed by atoms with Gasteiger partial charge in [-0.1, -0.05) is 32.0 Å². The summed E-state index contributed by atoms with van der Waals surface area (Å²) in [6.07, 6.45) is 1.09. The number of hydrogen-bond acceptors (Lipinski definition) is 4. The van der Waals surface area contributed by atoms with Crippen molar-refractivity contribution in [3.63, 3.8) is 0 Å². The van der Waals surface area contributed by atoms with Crippen molar-refractivity contribution < 1.29 is 17.9 Å². The zero-order chi connectivity index (χ0) is 21.1. The van der Waals surface area contributed by atoms with Gasteiger partial charge in [0.1, 0.15) is 11.8 Å². The maximum Gasteiger partial charge on any atom is 0.248 e. The molecule has 0 aromatic heterocycles. The van der Waals surface area contributed by atoms with Crippen LogP contribution in [-0.2, 0) is 14.8 Å². The average molecular weight is 405 g/mol. The molecule has 0 saturated carbocycles. The molecule has 0 saturated heterocycles. The molecule has 1 N–H and O–H groups in total. The third-order valence-corrected chi connectivity index (χ3v) is 5.83. The van der Waals surface area contributed by atoms with Crippen LogP contribution in [0.15, 0.2) is 42.5 Å². The molecule has 2 aromatic rings. The molecule has 2 aromatic carbocycles. The summed E-state index contributed by atoms with van der Waals surface area (Å²) in [6.45, 7) is 7.60. The number of anilines is 2. The van der Waals surface area contributed by atoms with Crippen molar-refractivity contribution in [1.29, 1.82) is 0 Å². The Morgan fingerprint density at radius 2 is 1.68 bits per heavy atom. The monoisotopic (exact) mass is 404 g/mol. The van der Waals surface area contributed by atoms with Gasteiger partial charge in [0.15, 0.2) is 0 Å². The van der Waals surface area contributed by atoms with Crippen molar-refractivity contribution in [2.45, 2.75) is 39.7 Å². The van der Waals surface area contributed by atoms with E-state index in [-0.39, 0.29) is 5.92 Å². The predicted molar refractivity (Wildman–Crippen MR) is 114 cm³/mol. The number of benzene rings is 2. The van der Waals surface area contributed by atoms with Crippen LogP contribution >= 0.6 is 0 Å². The highest BCUT2D eigenvalue weighted by atomic mass is 32.2. The number of nitrogens with one attached hydrogen (secondary N) is 1. The van der Waals surface area contributed by atoms with Gasteiger partial charge in [0.25, 0.3) is 0 Å². The molecule has 0 spiro atoms. The molecule has 0 heterocycles. The highest BCUT2D eigenvalue weighted by molar-refractivity contribution is 7.92. The lowest BCUT2D eigenvalue weighted by molar-refractivity contribution is -0.116. The molecule has 28 heavy (non-hydrogen) atoms. The first-order valence-electron chi connectivity index (χ1n) is 9.10. The van der Waals surface area contributed by atoms with Crippen molar-refractivity contribution in [2.24, 2.45) is 0 Å². The van der Waals surface area contributed by atoms with Crippen molar-refractivity contribution in [2.75, 3.05) is 23.0 Å². The fraction of sp³-hybridized carbons (Fsp3) is 0.381. The molecule has 0 bridgehead atoms. The van der Waals surface area contributed by atoms with E-state index in [1.165, 1.54) is 7.11 Å². The summed E-state index contributed by atoms with van der Waals surface area (Å²) in [5.74, 6) is 0.436. The number of aryl methyl sites for hydroxylation is 1. The highest BCUT2D eigenvalue weighted by Crippen LogP contribution is 2.29. The first-order chi connectivity index (χ1) is 13.1. The van der Waals surface area contributed by atoms with E-state index in [0.29, 0.717) is 11.4 Å². The molecule has 1 amide bonds. The van der Waals surface area contributed by atoms with Gasteiger partial charge in [-0.15, -0.1) is 0 Å². The minimum Gasteiger partial charge on any atom is -0.497 e. The number of methoxy groups -OCH3 is 1. The summed E-state index contributed by atoms with van der Waals surface area (Å²) in [5.41, 5.74) is 3.08. The Kier molecular flexibility index (Phi) is 6.72. The van der Waals surface area contributed by atoms with Gasteiger partial charge in [-0.2, -0.15) is 0 Å². The molecule has 152 valence electrons. The van der Waals surface area contributed by atoms with Crippen LogP contribution in [-0.4, -0.2) is 33.7 Å². The number of rotatable bonds is 7. The zero-order valence-corrected chi connectivity index (χ0v) is 18.0. The topological polar surface area (TPSA) is 75.7 Å². The van der Waals surface area contributed by atoms with E-state index in [4.69, 9.17) is 4.74 Å². The first-order valence-corrected chi connectivity index (χ1v) is 10.9. The van der Waals surface area contributed by atoms with Crippen LogP contribution in [0.3, 0.4) is 0 Å². The lowest BCUT2D eigenvalue weighted by atomic mass is 9.98. The first kappa shape index (κ1) is 21.8. The van der Waals surface area contributed by atoms with Gasteiger partial charge in [-0.25, -0.2) is 8.42 Å². The van der Waals surface area contributed by atoms with Gasteiger partial charge in [-0.3, -0.25) is 9.10 Å². The van der Waals surface area contributed by atoms with Crippen LogP contribution in [0.4, 0.5) is 11.4 Å². The van der Waals surface area contributed by atoms with Gasteiger partial charge >= 0.3 is 0 Å². The largest absolute Gasteiger partial charge is 0.497 e. The summed E-state index contributed by atoms with van der Waals surface area (Å²) in [5, 5.41) is 2.94. The van der Waals surface area contributed by atoms with Gasteiger partial charge in [0, 0.05) is 5.69 Å². The number of para-hydroxylation sites is 1. The maximum atomic E-state index is 13.0. The molecular formula is C21H28N2O4S. The standard InChI is InChI=1S/C21H28N2O4S/c1-14(2)19-9-7-8-15(3)20(19)22-21(24)16(4)23(28(6,25)26)17-10-12-18(27-5)13-11-17/h7-14,16H,1-6H3,(H,22,24)/t16-/m0/s1. The Balaban J connectivity index is 2.38. The minimum atomic E-state index is -3.68. The zero-order valence-electron chi connectivity index (χ0n) is 17.2. The third kappa shape index (κ3) is 4.84. The summed E-state index contributed by atoms with van der Waals surface area (Å²) < 4.78 is 31.1. The molecule has 0 unspecified atom stereocenters. The Morgan fingerprint density at radius 3 is 2.18 bits per heavy atom. The van der Waals surface area contributed by atoms with E-state index in [1.54, 1.807) is 31.2 Å². The number of amides is 1. The lowest BCUT2D eigenvalue weighted by Crippen LogP contribution is -2.45. The van der Waals surface area contributed by atoms with E-state index >= 15 is 0 Å². The Morgan fingerprint density at radius 1 is 1.07 bits per heavy atom. The number of carbonyl (C=O) groups is 1. The summed E-state index contributed by atoms with van der Waals surface area (Å²) in [7, 11) is -2.14. The number of ether oxygens (including phenoxy) is 1. The van der Waals surface area contributed by atoms with Crippen molar-refractivity contribution >= 4 is 27.3 Å². The van der Waals surface area contributed by atoms with Gasteiger partial charge in [0.2, 0.25) is 15.9 Å². The van der Waals surface area contributed by atoms with Crippen molar-refractivity contribution in [1.82, 2.24) is 0 Å². The SMILES string of the molecule is COc1ccc(N([C@@H](C)C(=O)Nc2c(C)cccc2C(C)C)S(C)(=O)=O)cc1. The molecule has 0 radical (unpaired) electrons. The second-order valence-electron chi connectivity index (χ2n) is 7.12. The van der Waals surface area contributed by atoms with Crippen LogP contribution in [0.1, 0.15) is 37.8 Å². The molecule has 2 rings (SSSR count). The molecule has 0 fully saturated rings. The molecule has 0 aliphatic rings. The number of sulfonamides is 1. The summed E-state index contributed by atoms with van der Waals surface area (Å²) in [4.78, 5) is 13.0. The van der Waals surface area contributed by atoms with E-state index in [0.717, 1.165) is 27.4 Å². The Bertz CT molecular complexity index is 937. The van der Waals surface area contributed by atoms with Crippen LogP contribution < -0.4 is 14.4 Å². The Labute approximate surface area is 167 Å². The van der Waals surface area contributed by atoms with Crippen molar-refractivity contribution in [3.05, 3.63) is 53.6 Å². The minimum absolute atomic E-state index is 0.220. The van der Waals surface area contributed by atoms with E-state index in [2.05, 4.69) is 5.32 Å². The second-order valence-corrected chi connectivity index (χ2v) is 8.98. The average Bonchev–Trinajstić information content (AvgIpc) is 2.62. The summed E-state index contributed by atoms with van der Waals surface area (Å²) in [6, 6.07) is 11.5. The fourth-order valence-electron chi connectivity index (χ4n) is 3.11. The highest BCUT2D eigenvalue weighted by Gasteiger charge is 2.30. The van der Waals surface area contributed by atoms with Crippen LogP contribution in [0.5, 0.6) is 5.75 Å². The van der Waals surface area contributed by atoms with Crippen LogP contribution in [0.25, 0.3) is 0 Å². The molecular weight excluding hydrogens is 376 g/mol. The smallest absolute Gasteiger partial charge is 0.248 e. The van der Waals surface area contributed by atoms with E-state index < -0.39 is 22.0 Å². The fourth-order valence-corrected chi connectivity index (χ4v) is 4.28. The predicted octanol–water partition coefficient (Wildman–Crippen LogP) is 3.92. The third-order valence-electron chi connectivity index (χ3n) is 4.59. The quantitative estimate of drug-likeness (QED) is 0.759. The normalized spacial score (nSPS) is 12.5. The van der Waals surface area contributed by atoms with Gasteiger partial charge in [0.05, 0.1) is 19.1 Å². The van der Waals surface area contributed by atoms with Gasteiger partial charge in [-0.05, 0) is 55.2 Å². The molecule has 0 aliphatic carbocycles. The van der Waals surface area contributed by atoms with Crippen molar-refractivity contribution in [3.8, 4) is 5.75 Å². The van der Waals surface area contributed by atoms with E-state index in [1.807, 2.05) is 39.0 Å². The number of carbonyl (C=O) groups excluding carboxylic acids is 1. The van der Waals surface area contributed by atoms with Gasteiger partial charge < -0.3 is 10.1 Å². The molecule has 7 heteroatoms.